The van der Waals surface area contributed by atoms with E-state index < -0.39 is 17.8 Å². The SMILES string of the molecule is O=C(NC1CCCC1)[C@@H](c1ccncc1)N(Cc1ccccc1F)C(=O)c1ccco1. The molecule has 0 spiro atoms. The Hall–Kier alpha value is -3.48. The van der Waals surface area contributed by atoms with Gasteiger partial charge < -0.3 is 14.6 Å². The van der Waals surface area contributed by atoms with Crippen molar-refractivity contribution in [1.29, 1.82) is 0 Å². The van der Waals surface area contributed by atoms with Crippen LogP contribution in [0.3, 0.4) is 0 Å². The fourth-order valence-electron chi connectivity index (χ4n) is 4.00. The number of carbonyl (C=O) groups excluding carboxylic acids is 2. The lowest BCUT2D eigenvalue weighted by atomic mass is 10.0. The summed E-state index contributed by atoms with van der Waals surface area (Å²) >= 11 is 0. The summed E-state index contributed by atoms with van der Waals surface area (Å²) in [5.41, 5.74) is 0.914. The lowest BCUT2D eigenvalue weighted by Crippen LogP contribution is -2.46. The summed E-state index contributed by atoms with van der Waals surface area (Å²) in [6, 6.07) is 11.9. The molecule has 1 aliphatic rings. The van der Waals surface area contributed by atoms with Gasteiger partial charge in [0.2, 0.25) is 5.91 Å². The number of furan rings is 1. The number of nitrogens with zero attached hydrogens (tertiary/aromatic N) is 2. The first-order chi connectivity index (χ1) is 15.1. The second kappa shape index (κ2) is 9.55. The maximum atomic E-state index is 14.5. The van der Waals surface area contributed by atoms with Crippen LogP contribution in [0, 0.1) is 5.82 Å². The van der Waals surface area contributed by atoms with Crippen molar-refractivity contribution in [2.75, 3.05) is 0 Å². The van der Waals surface area contributed by atoms with Crippen molar-refractivity contribution in [2.24, 2.45) is 0 Å². The molecule has 4 rings (SSSR count). The summed E-state index contributed by atoms with van der Waals surface area (Å²) in [6.07, 6.45) is 8.50. The van der Waals surface area contributed by atoms with Gasteiger partial charge in [-0.2, -0.15) is 0 Å². The van der Waals surface area contributed by atoms with Crippen LogP contribution in [0.15, 0.2) is 71.6 Å². The van der Waals surface area contributed by atoms with Crippen LogP contribution in [0.2, 0.25) is 0 Å². The number of hydrogen-bond acceptors (Lipinski definition) is 4. The van der Waals surface area contributed by atoms with Gasteiger partial charge in [0.1, 0.15) is 11.9 Å². The summed E-state index contributed by atoms with van der Waals surface area (Å²) in [5.74, 6) is -1.14. The monoisotopic (exact) mass is 421 g/mol. The van der Waals surface area contributed by atoms with Crippen molar-refractivity contribution in [1.82, 2.24) is 15.2 Å². The van der Waals surface area contributed by atoms with Crippen LogP contribution in [-0.4, -0.2) is 27.7 Å². The van der Waals surface area contributed by atoms with Gasteiger partial charge in [0.25, 0.3) is 5.91 Å². The van der Waals surface area contributed by atoms with Crippen LogP contribution >= 0.6 is 0 Å². The molecule has 1 N–H and O–H groups in total. The van der Waals surface area contributed by atoms with E-state index in [0.717, 1.165) is 25.7 Å². The molecular weight excluding hydrogens is 397 g/mol. The molecule has 1 aromatic carbocycles. The third kappa shape index (κ3) is 4.82. The predicted molar refractivity (Wildman–Crippen MR) is 112 cm³/mol. The zero-order chi connectivity index (χ0) is 21.6. The number of halogens is 1. The molecule has 1 atom stereocenters. The van der Waals surface area contributed by atoms with E-state index in [0.29, 0.717) is 11.1 Å². The van der Waals surface area contributed by atoms with Gasteiger partial charge in [-0.25, -0.2) is 4.39 Å². The van der Waals surface area contributed by atoms with Crippen molar-refractivity contribution in [2.45, 2.75) is 44.3 Å². The minimum atomic E-state index is -0.958. The van der Waals surface area contributed by atoms with Crippen molar-refractivity contribution >= 4 is 11.8 Å². The second-order valence-electron chi connectivity index (χ2n) is 7.67. The lowest BCUT2D eigenvalue weighted by Gasteiger charge is -2.31. The first-order valence-electron chi connectivity index (χ1n) is 10.4. The Morgan fingerprint density at radius 3 is 2.52 bits per heavy atom. The highest BCUT2D eigenvalue weighted by Gasteiger charge is 2.35. The molecular formula is C24H24FN3O3. The molecule has 3 aromatic rings. The van der Waals surface area contributed by atoms with E-state index in [2.05, 4.69) is 10.3 Å². The van der Waals surface area contributed by atoms with Gasteiger partial charge in [-0.3, -0.25) is 14.6 Å². The van der Waals surface area contributed by atoms with Crippen molar-refractivity contribution in [3.8, 4) is 0 Å². The largest absolute Gasteiger partial charge is 0.459 e. The number of amides is 2. The molecule has 2 aromatic heterocycles. The second-order valence-corrected chi connectivity index (χ2v) is 7.67. The molecule has 1 aliphatic carbocycles. The molecule has 160 valence electrons. The first kappa shape index (κ1) is 20.8. The van der Waals surface area contributed by atoms with E-state index in [1.54, 1.807) is 48.8 Å². The molecule has 31 heavy (non-hydrogen) atoms. The van der Waals surface area contributed by atoms with Crippen molar-refractivity contribution in [3.63, 3.8) is 0 Å². The maximum absolute atomic E-state index is 14.5. The fourth-order valence-corrected chi connectivity index (χ4v) is 4.00. The third-order valence-electron chi connectivity index (χ3n) is 5.57. The zero-order valence-electron chi connectivity index (χ0n) is 17.0. The Bertz CT molecular complexity index is 1020. The molecule has 7 heteroatoms. The maximum Gasteiger partial charge on any atom is 0.290 e. The van der Waals surface area contributed by atoms with Gasteiger partial charge in [0, 0.05) is 24.0 Å². The normalized spacial score (nSPS) is 14.9. The summed E-state index contributed by atoms with van der Waals surface area (Å²) < 4.78 is 19.8. The van der Waals surface area contributed by atoms with Crippen molar-refractivity contribution < 1.29 is 18.4 Å². The molecule has 0 aliphatic heterocycles. The third-order valence-corrected chi connectivity index (χ3v) is 5.57. The molecule has 1 saturated carbocycles. The van der Waals surface area contributed by atoms with Gasteiger partial charge >= 0.3 is 0 Å². The number of aromatic nitrogens is 1. The topological polar surface area (TPSA) is 75.4 Å². The Labute approximate surface area is 180 Å². The fraction of sp³-hybridized carbons (Fsp3) is 0.292. The molecule has 0 unspecified atom stereocenters. The first-order valence-corrected chi connectivity index (χ1v) is 10.4. The molecule has 2 heterocycles. The highest BCUT2D eigenvalue weighted by molar-refractivity contribution is 5.96. The highest BCUT2D eigenvalue weighted by atomic mass is 19.1. The van der Waals surface area contributed by atoms with Crippen LogP contribution in [0.5, 0.6) is 0 Å². The summed E-state index contributed by atoms with van der Waals surface area (Å²) in [6.45, 7) is -0.0860. The Morgan fingerprint density at radius 1 is 1.10 bits per heavy atom. The van der Waals surface area contributed by atoms with E-state index in [1.807, 2.05) is 0 Å². The van der Waals surface area contributed by atoms with E-state index >= 15 is 0 Å². The van der Waals surface area contributed by atoms with Crippen LogP contribution < -0.4 is 5.32 Å². The number of rotatable bonds is 7. The Morgan fingerprint density at radius 2 is 1.84 bits per heavy atom. The van der Waals surface area contributed by atoms with E-state index in [1.165, 1.54) is 23.3 Å². The van der Waals surface area contributed by atoms with Gasteiger partial charge in [-0.05, 0) is 48.7 Å². The Kier molecular flexibility index (Phi) is 6.40. The summed E-state index contributed by atoms with van der Waals surface area (Å²) in [5, 5.41) is 3.08. The van der Waals surface area contributed by atoms with Crippen LogP contribution in [0.1, 0.15) is 53.4 Å². The number of nitrogens with one attached hydrogen (secondary N) is 1. The van der Waals surface area contributed by atoms with Gasteiger partial charge in [0.15, 0.2) is 5.76 Å². The molecule has 0 bridgehead atoms. The molecule has 1 fully saturated rings. The number of benzene rings is 1. The standard InChI is InChI=1S/C24H24FN3O3/c25-20-9-4-1-6-18(20)16-28(24(30)21-10-5-15-31-21)22(17-11-13-26-14-12-17)23(29)27-19-7-2-3-8-19/h1,4-6,9-15,19,22H,2-3,7-8,16H2,(H,27,29)/t22-/m1/s1. The van der Waals surface area contributed by atoms with Gasteiger partial charge in [0.05, 0.1) is 12.8 Å². The van der Waals surface area contributed by atoms with E-state index in [4.69, 9.17) is 4.42 Å². The molecule has 0 saturated heterocycles. The minimum Gasteiger partial charge on any atom is -0.459 e. The number of pyridine rings is 1. The average Bonchev–Trinajstić information content (AvgIpc) is 3.49. The van der Waals surface area contributed by atoms with Gasteiger partial charge in [-0.15, -0.1) is 0 Å². The zero-order valence-corrected chi connectivity index (χ0v) is 17.0. The summed E-state index contributed by atoms with van der Waals surface area (Å²) in [7, 11) is 0. The van der Waals surface area contributed by atoms with Crippen LogP contribution in [0.25, 0.3) is 0 Å². The predicted octanol–water partition coefficient (Wildman–Crippen LogP) is 4.26. The van der Waals surface area contributed by atoms with Crippen LogP contribution in [0.4, 0.5) is 4.39 Å². The van der Waals surface area contributed by atoms with Gasteiger partial charge in [-0.1, -0.05) is 31.0 Å². The quantitative estimate of drug-likeness (QED) is 0.619. The summed E-state index contributed by atoms with van der Waals surface area (Å²) in [4.78, 5) is 32.2. The molecule has 0 radical (unpaired) electrons. The van der Waals surface area contributed by atoms with E-state index in [9.17, 15) is 14.0 Å². The number of carbonyl (C=O) groups is 2. The Balaban J connectivity index is 1.73. The van der Waals surface area contributed by atoms with E-state index in [-0.39, 0.29) is 24.3 Å². The molecule has 6 nitrogen and oxygen atoms in total. The number of hydrogen-bond donors (Lipinski definition) is 1. The smallest absolute Gasteiger partial charge is 0.290 e. The van der Waals surface area contributed by atoms with Crippen molar-refractivity contribution in [3.05, 3.63) is 89.9 Å². The lowest BCUT2D eigenvalue weighted by molar-refractivity contribution is -0.126. The average molecular weight is 421 g/mol. The minimum absolute atomic E-state index is 0.0749. The van der Waals surface area contributed by atoms with Crippen LogP contribution in [-0.2, 0) is 11.3 Å². The highest BCUT2D eigenvalue weighted by Crippen LogP contribution is 2.28. The molecule has 2 amide bonds.